The van der Waals surface area contributed by atoms with Crippen LogP contribution in [-0.2, 0) is 13.1 Å². The summed E-state index contributed by atoms with van der Waals surface area (Å²) in [7, 11) is 0. The van der Waals surface area contributed by atoms with Crippen LogP contribution in [0.2, 0.25) is 0 Å². The van der Waals surface area contributed by atoms with Crippen molar-refractivity contribution >= 4 is 5.82 Å². The van der Waals surface area contributed by atoms with E-state index in [1.54, 1.807) is 12.4 Å². The molecule has 7 heteroatoms. The van der Waals surface area contributed by atoms with E-state index in [4.69, 9.17) is 0 Å². The van der Waals surface area contributed by atoms with Crippen LogP contribution >= 0.6 is 0 Å². The molecule has 0 aliphatic heterocycles. The SMILES string of the molecule is c1ccc(-n2cc(Cn3nccc3NCc3ncc[nH]3)cn2)cc1. The molecule has 3 heterocycles. The lowest BCUT2D eigenvalue weighted by atomic mass is 10.3. The lowest BCUT2D eigenvalue weighted by Crippen LogP contribution is -2.09. The van der Waals surface area contributed by atoms with E-state index in [0.29, 0.717) is 13.1 Å². The van der Waals surface area contributed by atoms with Crippen molar-refractivity contribution in [2.75, 3.05) is 5.32 Å². The molecule has 0 saturated heterocycles. The number of benzene rings is 1. The van der Waals surface area contributed by atoms with Gasteiger partial charge in [0.05, 0.1) is 31.2 Å². The van der Waals surface area contributed by atoms with Crippen molar-refractivity contribution in [1.29, 1.82) is 0 Å². The van der Waals surface area contributed by atoms with Crippen LogP contribution < -0.4 is 5.32 Å². The van der Waals surface area contributed by atoms with Crippen LogP contribution in [0.1, 0.15) is 11.4 Å². The number of aromatic nitrogens is 6. The monoisotopic (exact) mass is 319 g/mol. The van der Waals surface area contributed by atoms with Gasteiger partial charge in [0.25, 0.3) is 0 Å². The Hall–Kier alpha value is -3.35. The van der Waals surface area contributed by atoms with Crippen molar-refractivity contribution in [2.45, 2.75) is 13.1 Å². The molecule has 0 fully saturated rings. The Morgan fingerprint density at radius 2 is 1.96 bits per heavy atom. The molecule has 0 bridgehead atoms. The second-order valence-corrected chi connectivity index (χ2v) is 5.39. The number of para-hydroxylation sites is 1. The van der Waals surface area contributed by atoms with Crippen molar-refractivity contribution in [2.24, 2.45) is 0 Å². The molecule has 7 nitrogen and oxygen atoms in total. The first-order valence-electron chi connectivity index (χ1n) is 7.71. The van der Waals surface area contributed by atoms with E-state index in [1.165, 1.54) is 0 Å². The highest BCUT2D eigenvalue weighted by Crippen LogP contribution is 2.12. The van der Waals surface area contributed by atoms with Gasteiger partial charge >= 0.3 is 0 Å². The summed E-state index contributed by atoms with van der Waals surface area (Å²) in [4.78, 5) is 7.28. The Labute approximate surface area is 139 Å². The van der Waals surface area contributed by atoms with Crippen LogP contribution in [0.15, 0.2) is 67.4 Å². The van der Waals surface area contributed by atoms with Crippen molar-refractivity contribution in [3.63, 3.8) is 0 Å². The molecule has 0 radical (unpaired) electrons. The van der Waals surface area contributed by atoms with Crippen LogP contribution in [0.3, 0.4) is 0 Å². The fourth-order valence-corrected chi connectivity index (χ4v) is 2.51. The summed E-state index contributed by atoms with van der Waals surface area (Å²) in [6, 6.07) is 12.0. The highest BCUT2D eigenvalue weighted by Gasteiger charge is 2.06. The molecule has 4 aromatic rings. The number of anilines is 1. The van der Waals surface area contributed by atoms with Crippen molar-refractivity contribution in [1.82, 2.24) is 29.5 Å². The third-order valence-electron chi connectivity index (χ3n) is 3.70. The summed E-state index contributed by atoms with van der Waals surface area (Å²) < 4.78 is 3.78. The Kier molecular flexibility index (Phi) is 3.81. The van der Waals surface area contributed by atoms with Gasteiger partial charge in [0.15, 0.2) is 0 Å². The predicted octanol–water partition coefficient (Wildman–Crippen LogP) is 2.45. The molecule has 0 aliphatic rings. The molecule has 0 unspecified atom stereocenters. The molecule has 0 saturated carbocycles. The smallest absolute Gasteiger partial charge is 0.125 e. The summed E-state index contributed by atoms with van der Waals surface area (Å²) in [5, 5.41) is 12.1. The molecule has 120 valence electrons. The number of rotatable bonds is 6. The van der Waals surface area contributed by atoms with Gasteiger partial charge < -0.3 is 10.3 Å². The highest BCUT2D eigenvalue weighted by molar-refractivity contribution is 5.35. The van der Waals surface area contributed by atoms with E-state index in [1.807, 2.05) is 64.4 Å². The number of hydrogen-bond acceptors (Lipinski definition) is 4. The summed E-state index contributed by atoms with van der Waals surface area (Å²) in [5.74, 6) is 1.83. The number of aromatic amines is 1. The minimum Gasteiger partial charge on any atom is -0.363 e. The van der Waals surface area contributed by atoms with Crippen LogP contribution in [-0.4, -0.2) is 29.5 Å². The van der Waals surface area contributed by atoms with E-state index >= 15 is 0 Å². The van der Waals surface area contributed by atoms with Gasteiger partial charge in [-0.2, -0.15) is 10.2 Å². The van der Waals surface area contributed by atoms with Crippen molar-refractivity contribution in [3.05, 3.63) is 78.8 Å². The van der Waals surface area contributed by atoms with Gasteiger partial charge in [-0.1, -0.05) is 18.2 Å². The van der Waals surface area contributed by atoms with Gasteiger partial charge in [-0.3, -0.25) is 0 Å². The van der Waals surface area contributed by atoms with E-state index in [0.717, 1.165) is 22.9 Å². The van der Waals surface area contributed by atoms with E-state index in [2.05, 4.69) is 25.5 Å². The molecule has 4 rings (SSSR count). The normalized spacial score (nSPS) is 10.8. The molecule has 0 atom stereocenters. The molecule has 1 aromatic carbocycles. The number of H-pyrrole nitrogens is 1. The zero-order valence-electron chi connectivity index (χ0n) is 13.0. The molecule has 3 aromatic heterocycles. The number of nitrogens with one attached hydrogen (secondary N) is 2. The summed E-state index contributed by atoms with van der Waals surface area (Å²) in [5.41, 5.74) is 2.13. The third-order valence-corrected chi connectivity index (χ3v) is 3.70. The molecular formula is C17H17N7. The second-order valence-electron chi connectivity index (χ2n) is 5.39. The van der Waals surface area contributed by atoms with Gasteiger partial charge in [0.1, 0.15) is 11.6 Å². The Bertz CT molecular complexity index is 890. The van der Waals surface area contributed by atoms with Gasteiger partial charge in [-0.15, -0.1) is 0 Å². The van der Waals surface area contributed by atoms with Gasteiger partial charge in [-0.05, 0) is 12.1 Å². The zero-order chi connectivity index (χ0) is 16.2. The zero-order valence-corrected chi connectivity index (χ0v) is 13.0. The largest absolute Gasteiger partial charge is 0.363 e. The van der Waals surface area contributed by atoms with Crippen LogP contribution in [0.25, 0.3) is 5.69 Å². The Morgan fingerprint density at radius 1 is 1.04 bits per heavy atom. The third kappa shape index (κ3) is 3.05. The number of nitrogens with zero attached hydrogens (tertiary/aromatic N) is 5. The lowest BCUT2D eigenvalue weighted by molar-refractivity contribution is 0.689. The topological polar surface area (TPSA) is 76.3 Å². The quantitative estimate of drug-likeness (QED) is 0.572. The molecule has 0 spiro atoms. The molecular weight excluding hydrogens is 302 g/mol. The molecule has 24 heavy (non-hydrogen) atoms. The fraction of sp³-hybridized carbons (Fsp3) is 0.118. The second kappa shape index (κ2) is 6.41. The van der Waals surface area contributed by atoms with Gasteiger partial charge in [0.2, 0.25) is 0 Å². The average molecular weight is 319 g/mol. The number of hydrogen-bond donors (Lipinski definition) is 2. The standard InChI is InChI=1S/C17H17N7/c1-2-4-15(5-3-1)23-12-14(10-22-23)13-24-17(6-7-21-24)20-11-16-18-8-9-19-16/h1-10,12,20H,11,13H2,(H,18,19). The molecule has 0 amide bonds. The minimum absolute atomic E-state index is 0.627. The lowest BCUT2D eigenvalue weighted by Gasteiger charge is -2.07. The Morgan fingerprint density at radius 3 is 2.79 bits per heavy atom. The average Bonchev–Trinajstić information content (AvgIpc) is 3.37. The molecule has 0 aliphatic carbocycles. The minimum atomic E-state index is 0.627. The van der Waals surface area contributed by atoms with E-state index in [9.17, 15) is 0 Å². The fourth-order valence-electron chi connectivity index (χ4n) is 2.51. The molecule has 2 N–H and O–H groups in total. The first kappa shape index (κ1) is 14.3. The van der Waals surface area contributed by atoms with Gasteiger partial charge in [0, 0.05) is 30.2 Å². The first-order chi connectivity index (χ1) is 11.9. The predicted molar refractivity (Wildman–Crippen MR) is 90.8 cm³/mol. The van der Waals surface area contributed by atoms with Crippen molar-refractivity contribution < 1.29 is 0 Å². The van der Waals surface area contributed by atoms with Crippen LogP contribution in [0.5, 0.6) is 0 Å². The maximum atomic E-state index is 4.42. The Balaban J connectivity index is 1.46. The van der Waals surface area contributed by atoms with Crippen molar-refractivity contribution in [3.8, 4) is 5.69 Å². The van der Waals surface area contributed by atoms with Crippen LogP contribution in [0, 0.1) is 0 Å². The van der Waals surface area contributed by atoms with E-state index < -0.39 is 0 Å². The summed E-state index contributed by atoms with van der Waals surface area (Å²) in [6.07, 6.45) is 9.23. The number of imidazole rings is 1. The first-order valence-corrected chi connectivity index (χ1v) is 7.71. The summed E-state index contributed by atoms with van der Waals surface area (Å²) in [6.45, 7) is 1.28. The maximum Gasteiger partial charge on any atom is 0.125 e. The highest BCUT2D eigenvalue weighted by atomic mass is 15.3. The maximum absolute atomic E-state index is 4.42. The van der Waals surface area contributed by atoms with Crippen LogP contribution in [0.4, 0.5) is 5.82 Å². The van der Waals surface area contributed by atoms with Gasteiger partial charge in [-0.25, -0.2) is 14.3 Å². The summed E-state index contributed by atoms with van der Waals surface area (Å²) >= 11 is 0. The van der Waals surface area contributed by atoms with E-state index in [-0.39, 0.29) is 0 Å².